The fraction of sp³-hybridized carbons (Fsp3) is 0.600. The van der Waals surface area contributed by atoms with Crippen molar-refractivity contribution in [3.63, 3.8) is 0 Å². The number of benzene rings is 1. The third-order valence-electron chi connectivity index (χ3n) is 2.83. The molecule has 1 nitrogen and oxygen atoms in total. The first-order valence-corrected chi connectivity index (χ1v) is 6.49. The number of halogens is 2. The molecule has 0 spiro atoms. The predicted molar refractivity (Wildman–Crippen MR) is 71.6 cm³/mol. The average molecular weight is 255 g/mol. The minimum Gasteiger partial charge on any atom is -0.314 e. The Hall–Kier alpha value is -0.960. The van der Waals surface area contributed by atoms with Gasteiger partial charge < -0.3 is 5.32 Å². The zero-order valence-corrected chi connectivity index (χ0v) is 11.7. The van der Waals surface area contributed by atoms with E-state index in [1.807, 2.05) is 6.92 Å². The molecular weight excluding hydrogens is 232 g/mol. The van der Waals surface area contributed by atoms with Gasteiger partial charge in [-0.1, -0.05) is 33.8 Å². The quantitative estimate of drug-likeness (QED) is 0.841. The van der Waals surface area contributed by atoms with Crippen LogP contribution in [-0.2, 0) is 6.42 Å². The normalized spacial score (nSPS) is 13.7. The lowest BCUT2D eigenvalue weighted by Gasteiger charge is -2.27. The van der Waals surface area contributed by atoms with Gasteiger partial charge in [-0.2, -0.15) is 0 Å². The van der Waals surface area contributed by atoms with Gasteiger partial charge in [-0.3, -0.25) is 0 Å². The molecule has 3 heteroatoms. The monoisotopic (exact) mass is 255 g/mol. The van der Waals surface area contributed by atoms with Gasteiger partial charge in [-0.15, -0.1) is 0 Å². The molecule has 0 bridgehead atoms. The topological polar surface area (TPSA) is 12.0 Å². The van der Waals surface area contributed by atoms with Crippen LogP contribution in [0.25, 0.3) is 0 Å². The zero-order chi connectivity index (χ0) is 13.8. The van der Waals surface area contributed by atoms with E-state index in [2.05, 4.69) is 26.1 Å². The van der Waals surface area contributed by atoms with E-state index in [-0.39, 0.29) is 11.5 Å². The minimum absolute atomic E-state index is 0.184. The lowest BCUT2D eigenvalue weighted by atomic mass is 9.86. The summed E-state index contributed by atoms with van der Waals surface area (Å²) < 4.78 is 26.5. The van der Waals surface area contributed by atoms with E-state index >= 15 is 0 Å². The Morgan fingerprint density at radius 3 is 2.39 bits per heavy atom. The summed E-state index contributed by atoms with van der Waals surface area (Å²) in [6, 6.07) is 4.03. The maximum Gasteiger partial charge on any atom is 0.129 e. The summed E-state index contributed by atoms with van der Waals surface area (Å²) in [5.41, 5.74) is 0.759. The largest absolute Gasteiger partial charge is 0.314 e. The molecule has 0 amide bonds. The minimum atomic E-state index is -0.521. The lowest BCUT2D eigenvalue weighted by molar-refractivity contribution is 0.307. The fourth-order valence-corrected chi connectivity index (χ4v) is 2.20. The van der Waals surface area contributed by atoms with Crippen LogP contribution in [0.15, 0.2) is 18.2 Å². The van der Waals surface area contributed by atoms with Crippen molar-refractivity contribution in [3.05, 3.63) is 35.4 Å². The Labute approximate surface area is 109 Å². The standard InChI is InChI=1S/C15H23F2N/c1-5-18-13(10-15(2,3)4)8-11-6-7-12(16)9-14(11)17/h6-7,9,13,18H,5,8,10H2,1-4H3. The summed E-state index contributed by atoms with van der Waals surface area (Å²) in [7, 11) is 0. The first-order chi connectivity index (χ1) is 8.31. The van der Waals surface area contributed by atoms with Crippen molar-refractivity contribution < 1.29 is 8.78 Å². The van der Waals surface area contributed by atoms with Crippen molar-refractivity contribution in [3.8, 4) is 0 Å². The van der Waals surface area contributed by atoms with Gasteiger partial charge in [0.2, 0.25) is 0 Å². The molecule has 0 aromatic heterocycles. The van der Waals surface area contributed by atoms with Gasteiger partial charge in [-0.05, 0) is 36.4 Å². The summed E-state index contributed by atoms with van der Waals surface area (Å²) in [5.74, 6) is -0.973. The number of hydrogen-bond donors (Lipinski definition) is 1. The molecule has 0 radical (unpaired) electrons. The van der Waals surface area contributed by atoms with E-state index in [4.69, 9.17) is 0 Å². The molecule has 0 saturated carbocycles. The van der Waals surface area contributed by atoms with E-state index in [0.717, 1.165) is 19.0 Å². The predicted octanol–water partition coefficient (Wildman–Crippen LogP) is 3.92. The molecule has 0 aliphatic rings. The average Bonchev–Trinajstić information content (AvgIpc) is 2.20. The van der Waals surface area contributed by atoms with Crippen LogP contribution in [0.2, 0.25) is 0 Å². The van der Waals surface area contributed by atoms with Crippen LogP contribution < -0.4 is 5.32 Å². The summed E-state index contributed by atoms with van der Waals surface area (Å²) >= 11 is 0. The van der Waals surface area contributed by atoms with Crippen molar-refractivity contribution in [1.82, 2.24) is 5.32 Å². The molecular formula is C15H23F2N. The summed E-state index contributed by atoms with van der Waals surface area (Å²) in [6.07, 6.45) is 1.55. The van der Waals surface area contributed by atoms with Crippen LogP contribution >= 0.6 is 0 Å². The number of nitrogens with one attached hydrogen (secondary N) is 1. The lowest BCUT2D eigenvalue weighted by Crippen LogP contribution is -2.34. The highest BCUT2D eigenvalue weighted by atomic mass is 19.1. The molecule has 0 heterocycles. The van der Waals surface area contributed by atoms with E-state index in [1.54, 1.807) is 0 Å². The van der Waals surface area contributed by atoms with Gasteiger partial charge in [0.1, 0.15) is 11.6 Å². The summed E-state index contributed by atoms with van der Waals surface area (Å²) in [4.78, 5) is 0. The summed E-state index contributed by atoms with van der Waals surface area (Å²) in [5, 5.41) is 3.37. The fourth-order valence-electron chi connectivity index (χ4n) is 2.20. The molecule has 0 aliphatic heterocycles. The van der Waals surface area contributed by atoms with Crippen LogP contribution in [-0.4, -0.2) is 12.6 Å². The highest BCUT2D eigenvalue weighted by Gasteiger charge is 2.19. The smallest absolute Gasteiger partial charge is 0.129 e. The first kappa shape index (κ1) is 15.1. The molecule has 1 atom stereocenters. The SMILES string of the molecule is CCNC(Cc1ccc(F)cc1F)CC(C)(C)C. The molecule has 18 heavy (non-hydrogen) atoms. The molecule has 102 valence electrons. The second-order valence-corrected chi connectivity index (χ2v) is 5.96. The zero-order valence-electron chi connectivity index (χ0n) is 11.7. The second-order valence-electron chi connectivity index (χ2n) is 5.96. The van der Waals surface area contributed by atoms with Crippen LogP contribution in [0.5, 0.6) is 0 Å². The van der Waals surface area contributed by atoms with Crippen molar-refractivity contribution in [2.75, 3.05) is 6.54 Å². The van der Waals surface area contributed by atoms with Crippen LogP contribution in [0.1, 0.15) is 39.7 Å². The Morgan fingerprint density at radius 1 is 1.22 bits per heavy atom. The maximum absolute atomic E-state index is 13.6. The van der Waals surface area contributed by atoms with E-state index in [0.29, 0.717) is 12.0 Å². The summed E-state index contributed by atoms with van der Waals surface area (Å²) in [6.45, 7) is 9.38. The van der Waals surface area contributed by atoms with Crippen LogP contribution in [0.3, 0.4) is 0 Å². The Kier molecular flexibility index (Phi) is 5.27. The Morgan fingerprint density at radius 2 is 1.89 bits per heavy atom. The third kappa shape index (κ3) is 5.13. The van der Waals surface area contributed by atoms with Crippen LogP contribution in [0.4, 0.5) is 8.78 Å². The second kappa shape index (κ2) is 6.28. The molecule has 1 aromatic carbocycles. The first-order valence-electron chi connectivity index (χ1n) is 6.49. The highest BCUT2D eigenvalue weighted by Crippen LogP contribution is 2.23. The molecule has 0 fully saturated rings. The maximum atomic E-state index is 13.6. The Bertz CT molecular complexity index is 383. The molecule has 1 N–H and O–H groups in total. The highest BCUT2D eigenvalue weighted by molar-refractivity contribution is 5.19. The number of rotatable bonds is 5. The van der Waals surface area contributed by atoms with Gasteiger partial charge in [-0.25, -0.2) is 8.78 Å². The molecule has 1 unspecified atom stereocenters. The van der Waals surface area contributed by atoms with Gasteiger partial charge in [0.25, 0.3) is 0 Å². The number of hydrogen-bond acceptors (Lipinski definition) is 1. The van der Waals surface area contributed by atoms with Crippen molar-refractivity contribution >= 4 is 0 Å². The van der Waals surface area contributed by atoms with Gasteiger partial charge in [0.15, 0.2) is 0 Å². The van der Waals surface area contributed by atoms with E-state index < -0.39 is 11.6 Å². The van der Waals surface area contributed by atoms with E-state index in [1.165, 1.54) is 12.1 Å². The van der Waals surface area contributed by atoms with Gasteiger partial charge in [0, 0.05) is 12.1 Å². The van der Waals surface area contributed by atoms with Gasteiger partial charge in [0.05, 0.1) is 0 Å². The number of likely N-dealkylation sites (N-methyl/N-ethyl adjacent to an activating group) is 1. The van der Waals surface area contributed by atoms with Crippen molar-refractivity contribution in [1.29, 1.82) is 0 Å². The van der Waals surface area contributed by atoms with Crippen LogP contribution in [0, 0.1) is 17.0 Å². The van der Waals surface area contributed by atoms with E-state index in [9.17, 15) is 8.78 Å². The molecule has 0 aliphatic carbocycles. The molecule has 0 saturated heterocycles. The van der Waals surface area contributed by atoms with Gasteiger partial charge >= 0.3 is 0 Å². The van der Waals surface area contributed by atoms with Crippen molar-refractivity contribution in [2.24, 2.45) is 5.41 Å². The third-order valence-corrected chi connectivity index (χ3v) is 2.83. The van der Waals surface area contributed by atoms with Crippen molar-refractivity contribution in [2.45, 2.75) is 46.6 Å². The molecule has 1 rings (SSSR count). The molecule has 1 aromatic rings. The Balaban J connectivity index is 2.76.